The van der Waals surface area contributed by atoms with Crippen LogP contribution >= 0.6 is 12.2 Å². The Bertz CT molecular complexity index is 1200. The SMILES string of the molecule is COc1ccc(/C=N\n2c(-c3ccncc3)n[nH]c2=S)cc1OCc1ccccc1. The molecule has 4 aromatic rings. The maximum atomic E-state index is 5.97. The molecule has 0 saturated heterocycles. The van der Waals surface area contributed by atoms with Gasteiger partial charge in [-0.3, -0.25) is 4.98 Å². The van der Waals surface area contributed by atoms with Gasteiger partial charge in [-0.05, 0) is 53.7 Å². The van der Waals surface area contributed by atoms with E-state index in [0.717, 1.165) is 16.7 Å². The topological polar surface area (TPSA) is 77.3 Å². The second-order valence-corrected chi connectivity index (χ2v) is 6.72. The number of nitrogens with one attached hydrogen (secondary N) is 1. The molecule has 0 saturated carbocycles. The Balaban J connectivity index is 1.59. The summed E-state index contributed by atoms with van der Waals surface area (Å²) in [4.78, 5) is 4.03. The number of methoxy groups -OCH3 is 1. The molecule has 150 valence electrons. The van der Waals surface area contributed by atoms with E-state index >= 15 is 0 Å². The molecule has 0 atom stereocenters. The Kier molecular flexibility index (Phi) is 5.95. The Morgan fingerprint density at radius 1 is 1.07 bits per heavy atom. The van der Waals surface area contributed by atoms with E-state index < -0.39 is 0 Å². The van der Waals surface area contributed by atoms with Crippen LogP contribution < -0.4 is 9.47 Å². The molecule has 2 aromatic heterocycles. The summed E-state index contributed by atoms with van der Waals surface area (Å²) in [6, 6.07) is 19.3. The van der Waals surface area contributed by atoms with Crippen molar-refractivity contribution in [2.45, 2.75) is 6.61 Å². The zero-order chi connectivity index (χ0) is 20.8. The molecule has 2 aromatic carbocycles. The van der Waals surface area contributed by atoms with Gasteiger partial charge in [0.2, 0.25) is 4.77 Å². The number of aromatic amines is 1. The van der Waals surface area contributed by atoms with Gasteiger partial charge in [0.05, 0.1) is 13.3 Å². The number of benzene rings is 2. The molecule has 0 amide bonds. The lowest BCUT2D eigenvalue weighted by Crippen LogP contribution is -1.99. The smallest absolute Gasteiger partial charge is 0.216 e. The molecule has 0 aliphatic heterocycles. The van der Waals surface area contributed by atoms with Gasteiger partial charge in [0.25, 0.3) is 0 Å². The molecule has 0 aliphatic carbocycles. The van der Waals surface area contributed by atoms with E-state index in [2.05, 4.69) is 20.3 Å². The zero-order valence-corrected chi connectivity index (χ0v) is 17.0. The summed E-state index contributed by atoms with van der Waals surface area (Å²) < 4.78 is 13.4. The average Bonchev–Trinajstić information content (AvgIpc) is 3.18. The van der Waals surface area contributed by atoms with Crippen molar-refractivity contribution >= 4 is 18.4 Å². The third-order valence-electron chi connectivity index (χ3n) is 4.34. The second-order valence-electron chi connectivity index (χ2n) is 6.33. The molecule has 0 aliphatic rings. The van der Waals surface area contributed by atoms with Crippen molar-refractivity contribution < 1.29 is 9.47 Å². The molecule has 0 spiro atoms. The molecule has 0 unspecified atom stereocenters. The van der Waals surface area contributed by atoms with Crippen LogP contribution in [-0.4, -0.2) is 33.2 Å². The van der Waals surface area contributed by atoms with Crippen molar-refractivity contribution in [2.75, 3.05) is 7.11 Å². The molecule has 4 rings (SSSR count). The van der Waals surface area contributed by atoms with Crippen LogP contribution in [0.25, 0.3) is 11.4 Å². The van der Waals surface area contributed by atoms with E-state index in [1.165, 1.54) is 0 Å². The van der Waals surface area contributed by atoms with Gasteiger partial charge in [0, 0.05) is 18.0 Å². The molecule has 0 bridgehead atoms. The van der Waals surface area contributed by atoms with Gasteiger partial charge in [0.15, 0.2) is 17.3 Å². The first kappa shape index (κ1) is 19.5. The molecule has 0 fully saturated rings. The number of hydrogen-bond donors (Lipinski definition) is 1. The standard InChI is InChI=1S/C22H19N5O2S/c1-28-19-8-7-17(13-20(19)29-15-16-5-3-2-4-6-16)14-24-27-21(25-26-22(27)30)18-9-11-23-12-10-18/h2-14H,15H2,1H3,(H,26,30)/b24-14-. The monoisotopic (exact) mass is 417 g/mol. The summed E-state index contributed by atoms with van der Waals surface area (Å²) in [7, 11) is 1.62. The van der Waals surface area contributed by atoms with E-state index in [4.69, 9.17) is 21.7 Å². The van der Waals surface area contributed by atoms with Gasteiger partial charge in [-0.1, -0.05) is 30.3 Å². The summed E-state index contributed by atoms with van der Waals surface area (Å²) in [6.07, 6.45) is 5.09. The maximum absolute atomic E-state index is 5.97. The van der Waals surface area contributed by atoms with Crippen LogP contribution in [-0.2, 0) is 6.61 Å². The van der Waals surface area contributed by atoms with Crippen LogP contribution in [0.3, 0.4) is 0 Å². The van der Waals surface area contributed by atoms with E-state index in [0.29, 0.717) is 28.7 Å². The summed E-state index contributed by atoms with van der Waals surface area (Å²) in [6.45, 7) is 0.441. The first-order chi connectivity index (χ1) is 14.7. The number of nitrogens with zero attached hydrogens (tertiary/aromatic N) is 4. The van der Waals surface area contributed by atoms with Crippen LogP contribution in [0.4, 0.5) is 0 Å². The Morgan fingerprint density at radius 3 is 2.63 bits per heavy atom. The normalized spacial score (nSPS) is 11.0. The van der Waals surface area contributed by atoms with Gasteiger partial charge in [-0.2, -0.15) is 14.9 Å². The molecular formula is C22H19N5O2S. The van der Waals surface area contributed by atoms with Gasteiger partial charge in [0.1, 0.15) is 6.61 Å². The highest BCUT2D eigenvalue weighted by Gasteiger charge is 2.09. The molecule has 0 radical (unpaired) electrons. The first-order valence-electron chi connectivity index (χ1n) is 9.21. The molecule has 1 N–H and O–H groups in total. The summed E-state index contributed by atoms with van der Waals surface area (Å²) >= 11 is 5.32. The fourth-order valence-corrected chi connectivity index (χ4v) is 3.01. The lowest BCUT2D eigenvalue weighted by atomic mass is 10.2. The van der Waals surface area contributed by atoms with Gasteiger partial charge in [-0.25, -0.2) is 5.10 Å². The van der Waals surface area contributed by atoms with Gasteiger partial charge >= 0.3 is 0 Å². The van der Waals surface area contributed by atoms with Crippen molar-refractivity contribution in [1.29, 1.82) is 0 Å². The third kappa shape index (κ3) is 4.44. The van der Waals surface area contributed by atoms with Gasteiger partial charge in [-0.15, -0.1) is 0 Å². The lowest BCUT2D eigenvalue weighted by Gasteiger charge is -2.11. The van der Waals surface area contributed by atoms with Crippen molar-refractivity contribution in [1.82, 2.24) is 19.9 Å². The lowest BCUT2D eigenvalue weighted by molar-refractivity contribution is 0.284. The summed E-state index contributed by atoms with van der Waals surface area (Å²) in [5.41, 5.74) is 2.77. The number of aromatic nitrogens is 4. The van der Waals surface area contributed by atoms with E-state index in [9.17, 15) is 0 Å². The minimum absolute atomic E-state index is 0.395. The van der Waals surface area contributed by atoms with Crippen molar-refractivity contribution in [3.63, 3.8) is 0 Å². The summed E-state index contributed by atoms with van der Waals surface area (Å²) in [5, 5.41) is 11.5. The predicted octanol–water partition coefficient (Wildman–Crippen LogP) is 4.47. The fraction of sp³-hybridized carbons (Fsp3) is 0.0909. The van der Waals surface area contributed by atoms with Crippen LogP contribution in [0, 0.1) is 4.77 Å². The van der Waals surface area contributed by atoms with E-state index in [1.54, 1.807) is 30.4 Å². The minimum Gasteiger partial charge on any atom is -0.493 e. The highest BCUT2D eigenvalue weighted by atomic mass is 32.1. The first-order valence-corrected chi connectivity index (χ1v) is 9.62. The number of H-pyrrole nitrogens is 1. The Hall–Kier alpha value is -3.78. The molecule has 2 heterocycles. The van der Waals surface area contributed by atoms with Crippen molar-refractivity contribution in [3.8, 4) is 22.9 Å². The van der Waals surface area contributed by atoms with Crippen molar-refractivity contribution in [3.05, 3.63) is 89.0 Å². The van der Waals surface area contributed by atoms with Crippen LogP contribution in [0.5, 0.6) is 11.5 Å². The molecule has 30 heavy (non-hydrogen) atoms. The van der Waals surface area contributed by atoms with E-state index in [1.807, 2.05) is 60.7 Å². The minimum atomic E-state index is 0.395. The number of ether oxygens (including phenoxy) is 2. The van der Waals surface area contributed by atoms with Crippen LogP contribution in [0.2, 0.25) is 0 Å². The van der Waals surface area contributed by atoms with Crippen LogP contribution in [0.15, 0.2) is 78.2 Å². The molecular weight excluding hydrogens is 398 g/mol. The molecule has 7 nitrogen and oxygen atoms in total. The van der Waals surface area contributed by atoms with Crippen LogP contribution in [0.1, 0.15) is 11.1 Å². The highest BCUT2D eigenvalue weighted by Crippen LogP contribution is 2.28. The quantitative estimate of drug-likeness (QED) is 0.355. The third-order valence-corrected chi connectivity index (χ3v) is 4.60. The zero-order valence-electron chi connectivity index (χ0n) is 16.2. The molecule has 8 heteroatoms. The number of hydrogen-bond acceptors (Lipinski definition) is 6. The Labute approximate surface area is 178 Å². The maximum Gasteiger partial charge on any atom is 0.216 e. The van der Waals surface area contributed by atoms with Crippen molar-refractivity contribution in [2.24, 2.45) is 5.10 Å². The predicted molar refractivity (Wildman–Crippen MR) is 117 cm³/mol. The van der Waals surface area contributed by atoms with Gasteiger partial charge < -0.3 is 9.47 Å². The number of rotatable bonds is 7. The highest BCUT2D eigenvalue weighted by molar-refractivity contribution is 7.71. The van der Waals surface area contributed by atoms with E-state index in [-0.39, 0.29) is 0 Å². The second kappa shape index (κ2) is 9.15. The largest absolute Gasteiger partial charge is 0.493 e. The number of pyridine rings is 1. The summed E-state index contributed by atoms with van der Waals surface area (Å²) in [5.74, 6) is 1.89. The fourth-order valence-electron chi connectivity index (χ4n) is 2.83. The average molecular weight is 417 g/mol. The Morgan fingerprint density at radius 2 is 1.87 bits per heavy atom.